The van der Waals surface area contributed by atoms with Crippen molar-refractivity contribution in [2.24, 2.45) is 40.4 Å². The van der Waals surface area contributed by atoms with E-state index >= 15 is 0 Å². The number of ether oxygens (including phenoxy) is 1. The van der Waals surface area contributed by atoms with Gasteiger partial charge < -0.3 is 9.84 Å². The monoisotopic (exact) mass is 456 g/mol. The van der Waals surface area contributed by atoms with Crippen LogP contribution in [0.5, 0.6) is 0 Å². The molecule has 2 saturated carbocycles. The molecule has 0 aromatic carbocycles. The summed E-state index contributed by atoms with van der Waals surface area (Å²) in [6.45, 7) is 15.9. The minimum atomic E-state index is -0.813. The Balaban J connectivity index is 1.54. The van der Waals surface area contributed by atoms with E-state index in [-0.39, 0.29) is 17.5 Å². The van der Waals surface area contributed by atoms with Gasteiger partial charge in [-0.25, -0.2) is 0 Å². The normalized spacial score (nSPS) is 41.9. The fourth-order valence-electron chi connectivity index (χ4n) is 8.18. The lowest BCUT2D eigenvalue weighted by Crippen LogP contribution is -2.56. The van der Waals surface area contributed by atoms with Gasteiger partial charge >= 0.3 is 5.97 Å². The van der Waals surface area contributed by atoms with Gasteiger partial charge in [0.15, 0.2) is 0 Å². The molecule has 4 aliphatic carbocycles. The first-order chi connectivity index (χ1) is 15.4. The Labute approximate surface area is 202 Å². The molecule has 0 aliphatic heterocycles. The maximum Gasteiger partial charge on any atom is 0.302 e. The first kappa shape index (κ1) is 25.0. The lowest BCUT2D eigenvalue weighted by molar-refractivity contribution is -0.163. The summed E-state index contributed by atoms with van der Waals surface area (Å²) in [7, 11) is 0. The zero-order chi connectivity index (χ0) is 24.2. The van der Waals surface area contributed by atoms with Crippen molar-refractivity contribution < 1.29 is 14.6 Å². The molecule has 3 nitrogen and oxygen atoms in total. The molecular formula is C30H48O3. The molecule has 0 aromatic heterocycles. The number of carbonyl (C=O) groups excluding carboxylic acids is 1. The van der Waals surface area contributed by atoms with Crippen molar-refractivity contribution in [2.75, 3.05) is 0 Å². The molecule has 4 aliphatic rings. The molecular weight excluding hydrogens is 408 g/mol. The van der Waals surface area contributed by atoms with E-state index < -0.39 is 5.60 Å². The first-order valence-corrected chi connectivity index (χ1v) is 13.7. The van der Waals surface area contributed by atoms with Gasteiger partial charge in [-0.05, 0) is 84.7 Å². The van der Waals surface area contributed by atoms with E-state index in [1.165, 1.54) is 38.2 Å². The molecule has 0 saturated heterocycles. The van der Waals surface area contributed by atoms with Crippen molar-refractivity contribution >= 4 is 5.97 Å². The lowest BCUT2D eigenvalue weighted by Gasteiger charge is -2.57. The van der Waals surface area contributed by atoms with E-state index in [9.17, 15) is 9.90 Å². The standard InChI is InChI=1S/C30H48O3/c1-19(2)20(3)8-9-21(4)25-10-11-26-24-13-17-30(32)18-23(33-22(5)31)12-16-29(30,7)27(24)14-15-28(25,26)6/h13-14,19-21,23,25-26,32H,8-12,15-18H2,1-7H3/t20-,21+,23+,25-,26+,28-,29+,30-/m0/s1. The van der Waals surface area contributed by atoms with Gasteiger partial charge in [-0.2, -0.15) is 0 Å². The number of carbonyl (C=O) groups is 1. The second-order valence-corrected chi connectivity index (χ2v) is 13.0. The van der Waals surface area contributed by atoms with Crippen LogP contribution in [0.15, 0.2) is 23.3 Å². The van der Waals surface area contributed by atoms with Gasteiger partial charge in [-0.3, -0.25) is 4.79 Å². The number of esters is 1. The second kappa shape index (κ2) is 8.85. The highest BCUT2D eigenvalue weighted by molar-refractivity contribution is 5.66. The summed E-state index contributed by atoms with van der Waals surface area (Å²) in [5.74, 6) is 3.52. The van der Waals surface area contributed by atoms with Crippen LogP contribution in [0.4, 0.5) is 0 Å². The number of aliphatic hydroxyl groups is 1. The van der Waals surface area contributed by atoms with Crippen LogP contribution in [-0.2, 0) is 9.53 Å². The van der Waals surface area contributed by atoms with E-state index in [4.69, 9.17) is 4.74 Å². The number of rotatable bonds is 6. The maximum absolute atomic E-state index is 11.8. The predicted molar refractivity (Wildman–Crippen MR) is 135 cm³/mol. The Bertz CT molecular complexity index is 824. The average molecular weight is 457 g/mol. The van der Waals surface area contributed by atoms with Crippen LogP contribution in [0.1, 0.15) is 106 Å². The summed E-state index contributed by atoms with van der Waals surface area (Å²) in [5, 5.41) is 11.8. The van der Waals surface area contributed by atoms with Gasteiger partial charge in [0.1, 0.15) is 6.10 Å². The number of hydrogen-bond donors (Lipinski definition) is 1. The minimum Gasteiger partial charge on any atom is -0.462 e. The van der Waals surface area contributed by atoms with Crippen molar-refractivity contribution in [2.45, 2.75) is 118 Å². The van der Waals surface area contributed by atoms with Crippen molar-refractivity contribution in [3.05, 3.63) is 23.3 Å². The van der Waals surface area contributed by atoms with Crippen LogP contribution >= 0.6 is 0 Å². The molecule has 186 valence electrons. The molecule has 0 bridgehead atoms. The van der Waals surface area contributed by atoms with Crippen molar-refractivity contribution in [1.29, 1.82) is 0 Å². The highest BCUT2D eigenvalue weighted by Gasteiger charge is 2.60. The average Bonchev–Trinajstić information content (AvgIpc) is 3.09. The molecule has 0 amide bonds. The van der Waals surface area contributed by atoms with E-state index in [0.717, 1.165) is 42.9 Å². The van der Waals surface area contributed by atoms with Gasteiger partial charge in [-0.1, -0.05) is 66.5 Å². The topological polar surface area (TPSA) is 46.5 Å². The molecule has 0 unspecified atom stereocenters. The third-order valence-electron chi connectivity index (χ3n) is 10.9. The highest BCUT2D eigenvalue weighted by Crippen LogP contribution is 2.65. The number of hydrogen-bond acceptors (Lipinski definition) is 3. The third-order valence-corrected chi connectivity index (χ3v) is 10.9. The smallest absolute Gasteiger partial charge is 0.302 e. The largest absolute Gasteiger partial charge is 0.462 e. The van der Waals surface area contributed by atoms with Gasteiger partial charge in [0, 0.05) is 18.8 Å². The van der Waals surface area contributed by atoms with E-state index in [2.05, 4.69) is 53.7 Å². The molecule has 4 rings (SSSR count). The summed E-state index contributed by atoms with van der Waals surface area (Å²) in [5.41, 5.74) is 2.27. The van der Waals surface area contributed by atoms with Crippen molar-refractivity contribution in [1.82, 2.24) is 0 Å². The Morgan fingerprint density at radius 1 is 1.09 bits per heavy atom. The van der Waals surface area contributed by atoms with Gasteiger partial charge in [0.25, 0.3) is 0 Å². The Kier molecular flexibility index (Phi) is 6.71. The van der Waals surface area contributed by atoms with E-state index in [1.54, 1.807) is 5.57 Å². The fourth-order valence-corrected chi connectivity index (χ4v) is 8.18. The molecule has 0 aromatic rings. The molecule has 3 heteroatoms. The molecule has 8 atom stereocenters. The lowest BCUT2D eigenvalue weighted by atomic mass is 9.50. The zero-order valence-electron chi connectivity index (χ0n) is 22.2. The molecule has 0 spiro atoms. The van der Waals surface area contributed by atoms with Gasteiger partial charge in [0.2, 0.25) is 0 Å². The maximum atomic E-state index is 11.8. The Hall–Kier alpha value is -1.09. The van der Waals surface area contributed by atoms with Crippen LogP contribution in [-0.4, -0.2) is 22.8 Å². The summed E-state index contributed by atoms with van der Waals surface area (Å²) in [6.07, 6.45) is 14.2. The van der Waals surface area contributed by atoms with Crippen molar-refractivity contribution in [3.63, 3.8) is 0 Å². The Morgan fingerprint density at radius 2 is 1.82 bits per heavy atom. The second-order valence-electron chi connectivity index (χ2n) is 13.0. The zero-order valence-corrected chi connectivity index (χ0v) is 22.2. The molecule has 0 radical (unpaired) electrons. The number of fused-ring (bicyclic) bond motifs is 5. The molecule has 33 heavy (non-hydrogen) atoms. The number of allylic oxidation sites excluding steroid dienone is 2. The highest BCUT2D eigenvalue weighted by atomic mass is 16.5. The van der Waals surface area contributed by atoms with Crippen LogP contribution < -0.4 is 0 Å². The fraction of sp³-hybridized carbons (Fsp3) is 0.833. The van der Waals surface area contributed by atoms with Crippen molar-refractivity contribution in [3.8, 4) is 0 Å². The SMILES string of the molecule is CC(=O)O[C@@H]1CC[C@]2(C)C3=CC[C@]4(C)[C@H](CC[C@H]4[C@H](C)CC[C@H](C)C(C)C)C3=CC[C@]2(O)C1. The Morgan fingerprint density at radius 3 is 2.48 bits per heavy atom. The predicted octanol–water partition coefficient (Wildman–Crippen LogP) is 7.24. The first-order valence-electron chi connectivity index (χ1n) is 13.7. The van der Waals surface area contributed by atoms with Crippen LogP contribution in [0.3, 0.4) is 0 Å². The van der Waals surface area contributed by atoms with Crippen LogP contribution in [0, 0.1) is 40.4 Å². The van der Waals surface area contributed by atoms with Crippen LogP contribution in [0.25, 0.3) is 0 Å². The molecule has 1 N–H and O–H groups in total. The van der Waals surface area contributed by atoms with Gasteiger partial charge in [-0.15, -0.1) is 0 Å². The van der Waals surface area contributed by atoms with Crippen LogP contribution in [0.2, 0.25) is 0 Å². The molecule has 0 heterocycles. The quantitative estimate of drug-likeness (QED) is 0.428. The summed E-state index contributed by atoms with van der Waals surface area (Å²) in [4.78, 5) is 11.5. The summed E-state index contributed by atoms with van der Waals surface area (Å²) >= 11 is 0. The summed E-state index contributed by atoms with van der Waals surface area (Å²) in [6, 6.07) is 0. The summed E-state index contributed by atoms with van der Waals surface area (Å²) < 4.78 is 5.53. The van der Waals surface area contributed by atoms with E-state index in [1.807, 2.05) is 0 Å². The molecule has 2 fully saturated rings. The minimum absolute atomic E-state index is 0.157. The van der Waals surface area contributed by atoms with E-state index in [0.29, 0.717) is 24.2 Å². The van der Waals surface area contributed by atoms with Gasteiger partial charge in [0.05, 0.1) is 5.60 Å². The third kappa shape index (κ3) is 4.15.